The van der Waals surface area contributed by atoms with Crippen molar-refractivity contribution in [2.24, 2.45) is 11.7 Å². The summed E-state index contributed by atoms with van der Waals surface area (Å²) in [5, 5.41) is 7.28. The summed E-state index contributed by atoms with van der Waals surface area (Å²) >= 11 is 0. The van der Waals surface area contributed by atoms with Gasteiger partial charge in [-0.15, -0.1) is 0 Å². The van der Waals surface area contributed by atoms with Crippen LogP contribution in [0.1, 0.15) is 33.3 Å². The third-order valence-corrected chi connectivity index (χ3v) is 2.75. The van der Waals surface area contributed by atoms with Gasteiger partial charge in [-0.3, -0.25) is 5.41 Å². The van der Waals surface area contributed by atoms with E-state index in [2.05, 4.69) is 32.9 Å². The molecule has 3 nitrogen and oxygen atoms in total. The molecule has 0 aliphatic heterocycles. The van der Waals surface area contributed by atoms with E-state index < -0.39 is 0 Å². The Kier molecular flexibility index (Phi) is 4.16. The molecule has 0 aliphatic carbocycles. The van der Waals surface area contributed by atoms with E-state index in [9.17, 15) is 0 Å². The van der Waals surface area contributed by atoms with Crippen LogP contribution in [-0.4, -0.2) is 12.4 Å². The van der Waals surface area contributed by atoms with E-state index in [4.69, 9.17) is 15.9 Å². The van der Waals surface area contributed by atoms with Crippen molar-refractivity contribution in [1.29, 1.82) is 5.41 Å². The lowest BCUT2D eigenvalue weighted by Gasteiger charge is -2.19. The number of amidine groups is 1. The van der Waals surface area contributed by atoms with E-state index in [1.807, 2.05) is 19.1 Å². The second-order valence-electron chi connectivity index (χ2n) is 5.44. The predicted molar refractivity (Wildman–Crippen MR) is 71.7 cm³/mol. The lowest BCUT2D eigenvalue weighted by Crippen LogP contribution is -2.25. The van der Waals surface area contributed by atoms with Gasteiger partial charge in [-0.05, 0) is 23.1 Å². The summed E-state index contributed by atoms with van der Waals surface area (Å²) in [5.41, 5.74) is 6.82. The highest BCUT2D eigenvalue weighted by Gasteiger charge is 2.13. The number of ether oxygens (including phenoxy) is 1. The van der Waals surface area contributed by atoms with Crippen molar-refractivity contribution in [2.75, 3.05) is 6.61 Å². The molecular weight excluding hydrogens is 212 g/mol. The molecule has 1 rings (SSSR count). The first-order valence-electron chi connectivity index (χ1n) is 5.88. The van der Waals surface area contributed by atoms with E-state index in [1.165, 1.54) is 5.56 Å². The van der Waals surface area contributed by atoms with Gasteiger partial charge in [0, 0.05) is 5.92 Å². The SMILES string of the molecule is CC(COc1ccc(C(C)(C)C)cc1)C(=N)N. The molecule has 1 atom stereocenters. The number of hydrogen-bond donors (Lipinski definition) is 2. The smallest absolute Gasteiger partial charge is 0.119 e. The second kappa shape index (κ2) is 5.21. The lowest BCUT2D eigenvalue weighted by atomic mass is 9.87. The zero-order valence-electron chi connectivity index (χ0n) is 11.1. The van der Waals surface area contributed by atoms with Crippen molar-refractivity contribution in [2.45, 2.75) is 33.1 Å². The molecule has 3 N–H and O–H groups in total. The van der Waals surface area contributed by atoms with Gasteiger partial charge in [-0.25, -0.2) is 0 Å². The molecule has 3 heteroatoms. The highest BCUT2D eigenvalue weighted by atomic mass is 16.5. The Labute approximate surface area is 103 Å². The maximum Gasteiger partial charge on any atom is 0.119 e. The van der Waals surface area contributed by atoms with Gasteiger partial charge >= 0.3 is 0 Å². The first-order valence-corrected chi connectivity index (χ1v) is 5.88. The summed E-state index contributed by atoms with van der Waals surface area (Å²) in [6.45, 7) is 8.87. The first-order chi connectivity index (χ1) is 7.80. The fourth-order valence-corrected chi connectivity index (χ4v) is 1.36. The third kappa shape index (κ3) is 4.10. The molecule has 1 unspecified atom stereocenters. The average Bonchev–Trinajstić information content (AvgIpc) is 2.25. The van der Waals surface area contributed by atoms with Gasteiger partial charge in [0.05, 0.1) is 12.4 Å². The molecule has 0 spiro atoms. The van der Waals surface area contributed by atoms with Crippen LogP contribution in [0.5, 0.6) is 5.75 Å². The maximum atomic E-state index is 7.28. The summed E-state index contributed by atoms with van der Waals surface area (Å²) in [6.07, 6.45) is 0. The Morgan fingerprint density at radius 2 is 1.82 bits per heavy atom. The number of nitrogens with two attached hydrogens (primary N) is 1. The minimum atomic E-state index is -0.0442. The molecule has 0 aromatic heterocycles. The fourth-order valence-electron chi connectivity index (χ4n) is 1.36. The highest BCUT2D eigenvalue weighted by molar-refractivity contribution is 5.79. The molecule has 1 aromatic carbocycles. The number of benzene rings is 1. The van der Waals surface area contributed by atoms with Crippen molar-refractivity contribution >= 4 is 5.84 Å². The van der Waals surface area contributed by atoms with Crippen LogP contribution in [0.4, 0.5) is 0 Å². The normalized spacial score (nSPS) is 13.2. The van der Waals surface area contributed by atoms with Gasteiger partial charge in [0.15, 0.2) is 0 Å². The molecule has 17 heavy (non-hydrogen) atoms. The molecule has 0 amide bonds. The average molecular weight is 234 g/mol. The summed E-state index contributed by atoms with van der Waals surface area (Å²) in [6, 6.07) is 8.09. The van der Waals surface area contributed by atoms with Gasteiger partial charge in [0.25, 0.3) is 0 Å². The predicted octanol–water partition coefficient (Wildman–Crippen LogP) is 2.93. The van der Waals surface area contributed by atoms with Gasteiger partial charge < -0.3 is 10.5 Å². The number of hydrogen-bond acceptors (Lipinski definition) is 2. The molecule has 1 aromatic rings. The summed E-state index contributed by atoms with van der Waals surface area (Å²) in [5.74, 6) is 0.944. The molecule has 0 heterocycles. The topological polar surface area (TPSA) is 59.1 Å². The third-order valence-electron chi connectivity index (χ3n) is 2.75. The molecule has 0 radical (unpaired) electrons. The van der Waals surface area contributed by atoms with Gasteiger partial charge in [-0.2, -0.15) is 0 Å². The molecule has 0 saturated heterocycles. The molecule has 0 bridgehead atoms. The molecular formula is C14H22N2O. The molecule has 94 valence electrons. The van der Waals surface area contributed by atoms with Crippen LogP contribution in [0.2, 0.25) is 0 Å². The Morgan fingerprint density at radius 3 is 2.24 bits per heavy atom. The van der Waals surface area contributed by atoms with E-state index >= 15 is 0 Å². The van der Waals surface area contributed by atoms with Crippen LogP contribution >= 0.6 is 0 Å². The minimum absolute atomic E-state index is 0.0442. The van der Waals surface area contributed by atoms with E-state index in [-0.39, 0.29) is 17.2 Å². The number of rotatable bonds is 4. The van der Waals surface area contributed by atoms with Gasteiger partial charge in [-0.1, -0.05) is 39.8 Å². The van der Waals surface area contributed by atoms with Crippen molar-refractivity contribution in [3.63, 3.8) is 0 Å². The fraction of sp³-hybridized carbons (Fsp3) is 0.500. The molecule has 0 fully saturated rings. The van der Waals surface area contributed by atoms with Gasteiger partial charge in [0.1, 0.15) is 5.75 Å². The van der Waals surface area contributed by atoms with Crippen molar-refractivity contribution in [1.82, 2.24) is 0 Å². The van der Waals surface area contributed by atoms with Crippen LogP contribution in [0.15, 0.2) is 24.3 Å². The maximum absolute atomic E-state index is 7.28. The molecule has 0 aliphatic rings. The van der Waals surface area contributed by atoms with E-state index in [1.54, 1.807) is 0 Å². The second-order valence-corrected chi connectivity index (χ2v) is 5.44. The minimum Gasteiger partial charge on any atom is -0.493 e. The standard InChI is InChI=1S/C14H22N2O/c1-10(13(15)16)9-17-12-7-5-11(6-8-12)14(2,3)4/h5-8,10H,9H2,1-4H3,(H3,15,16). The summed E-state index contributed by atoms with van der Waals surface area (Å²) in [4.78, 5) is 0. The zero-order valence-corrected chi connectivity index (χ0v) is 11.1. The highest BCUT2D eigenvalue weighted by Crippen LogP contribution is 2.24. The van der Waals surface area contributed by atoms with E-state index in [0.717, 1.165) is 5.75 Å². The Hall–Kier alpha value is -1.51. The van der Waals surface area contributed by atoms with Crippen LogP contribution in [0.25, 0.3) is 0 Å². The quantitative estimate of drug-likeness (QED) is 0.621. The Morgan fingerprint density at radius 1 is 1.29 bits per heavy atom. The summed E-state index contributed by atoms with van der Waals surface area (Å²) < 4.78 is 5.58. The lowest BCUT2D eigenvalue weighted by molar-refractivity contribution is 0.291. The number of nitrogens with one attached hydrogen (secondary N) is 1. The monoisotopic (exact) mass is 234 g/mol. The van der Waals surface area contributed by atoms with Crippen LogP contribution in [0.3, 0.4) is 0 Å². The van der Waals surface area contributed by atoms with E-state index in [0.29, 0.717) is 6.61 Å². The molecule has 0 saturated carbocycles. The van der Waals surface area contributed by atoms with Crippen molar-refractivity contribution < 1.29 is 4.74 Å². The van der Waals surface area contributed by atoms with Gasteiger partial charge in [0.2, 0.25) is 0 Å². The Balaban J connectivity index is 2.60. The summed E-state index contributed by atoms with van der Waals surface area (Å²) in [7, 11) is 0. The van der Waals surface area contributed by atoms with Crippen molar-refractivity contribution in [3.05, 3.63) is 29.8 Å². The van der Waals surface area contributed by atoms with Crippen LogP contribution in [-0.2, 0) is 5.41 Å². The first kappa shape index (κ1) is 13.6. The largest absolute Gasteiger partial charge is 0.493 e. The van der Waals surface area contributed by atoms with Crippen molar-refractivity contribution in [3.8, 4) is 5.75 Å². The zero-order chi connectivity index (χ0) is 13.1. The Bertz CT molecular complexity index is 376. The van der Waals surface area contributed by atoms with Crippen LogP contribution < -0.4 is 10.5 Å². The van der Waals surface area contributed by atoms with Crippen LogP contribution in [0, 0.1) is 11.3 Å².